The Morgan fingerprint density at radius 2 is 1.67 bits per heavy atom. The normalized spacial score (nSPS) is 12.6. The first-order valence-electron chi connectivity index (χ1n) is 11.2. The van der Waals surface area contributed by atoms with Crippen LogP contribution in [0.5, 0.6) is 0 Å². The third-order valence-corrected chi connectivity index (χ3v) is 6.13. The number of nitrogens with zero attached hydrogens (tertiary/aromatic N) is 3. The van der Waals surface area contributed by atoms with Gasteiger partial charge in [0, 0.05) is 36.8 Å². The topological polar surface area (TPSA) is 55.2 Å². The van der Waals surface area contributed by atoms with E-state index in [0.717, 1.165) is 45.6 Å². The number of Topliss-reactive ketones (excluding diaryl/α,β-unsaturated/α-hetero) is 1. The second-order valence-electron chi connectivity index (χ2n) is 8.51. The number of aryl methyl sites for hydroxylation is 1. The lowest BCUT2D eigenvalue weighted by Crippen LogP contribution is -2.29. The number of fused-ring (bicyclic) bond motifs is 1. The molecule has 0 saturated carbocycles. The highest BCUT2D eigenvalue weighted by Crippen LogP contribution is 2.31. The number of hydrogen-bond acceptors (Lipinski definition) is 3. The van der Waals surface area contributed by atoms with E-state index in [9.17, 15) is 9.59 Å². The molecule has 164 valence electrons. The van der Waals surface area contributed by atoms with Crippen LogP contribution in [0.4, 0.5) is 5.69 Å². The molecule has 1 amide bonds. The summed E-state index contributed by atoms with van der Waals surface area (Å²) in [5, 5.41) is 4.47. The molecular formula is C28H25N3O2. The van der Waals surface area contributed by atoms with E-state index in [2.05, 4.69) is 11.2 Å². The predicted octanol–water partition coefficient (Wildman–Crippen LogP) is 4.74. The largest absolute Gasteiger partial charge is 0.308 e. The van der Waals surface area contributed by atoms with Crippen molar-refractivity contribution in [2.75, 3.05) is 11.4 Å². The molecular weight excluding hydrogens is 410 g/mol. The van der Waals surface area contributed by atoms with Gasteiger partial charge in [0.05, 0.1) is 11.9 Å². The number of rotatable bonds is 6. The molecule has 1 aromatic heterocycles. The summed E-state index contributed by atoms with van der Waals surface area (Å²) >= 11 is 0. The van der Waals surface area contributed by atoms with Gasteiger partial charge in [0.15, 0.2) is 0 Å². The van der Waals surface area contributed by atoms with Gasteiger partial charge in [-0.3, -0.25) is 9.59 Å². The minimum absolute atomic E-state index is 0.0397. The Kier molecular flexibility index (Phi) is 5.61. The highest BCUT2D eigenvalue weighted by molar-refractivity contribution is 6.08. The first-order chi connectivity index (χ1) is 16.1. The molecule has 0 spiro atoms. The van der Waals surface area contributed by atoms with Gasteiger partial charge in [-0.1, -0.05) is 48.5 Å². The minimum atomic E-state index is 0.0397. The molecule has 0 bridgehead atoms. The van der Waals surface area contributed by atoms with Crippen molar-refractivity contribution in [1.29, 1.82) is 0 Å². The van der Waals surface area contributed by atoms with Crippen LogP contribution in [0.15, 0.2) is 85.2 Å². The predicted molar refractivity (Wildman–Crippen MR) is 129 cm³/mol. The van der Waals surface area contributed by atoms with Gasteiger partial charge >= 0.3 is 0 Å². The molecule has 33 heavy (non-hydrogen) atoms. The standard InChI is InChI=1S/C28H25N3O2/c1-20-7-5-6-10-26(20)28(33)30-14-13-23-17-24(11-12-27(23)30)31-19-22(18-29-31)16-25(32)15-21-8-3-2-4-9-21/h2-12,17-19H,13-16H2,1H3. The van der Waals surface area contributed by atoms with Crippen LogP contribution in [0.1, 0.15) is 32.6 Å². The Morgan fingerprint density at radius 1 is 0.909 bits per heavy atom. The Labute approximate surface area is 193 Å². The number of carbonyl (C=O) groups is 2. The molecule has 3 aromatic carbocycles. The van der Waals surface area contributed by atoms with E-state index in [4.69, 9.17) is 0 Å². The maximum atomic E-state index is 13.1. The smallest absolute Gasteiger partial charge is 0.258 e. The average Bonchev–Trinajstić information content (AvgIpc) is 3.46. The molecule has 5 nitrogen and oxygen atoms in total. The minimum Gasteiger partial charge on any atom is -0.308 e. The molecule has 5 rings (SSSR count). The van der Waals surface area contributed by atoms with Gasteiger partial charge < -0.3 is 4.90 Å². The van der Waals surface area contributed by atoms with E-state index in [0.29, 0.717) is 19.4 Å². The molecule has 0 fully saturated rings. The molecule has 0 aliphatic carbocycles. The Hall–Kier alpha value is -3.99. The van der Waals surface area contributed by atoms with E-state index in [-0.39, 0.29) is 11.7 Å². The van der Waals surface area contributed by atoms with Gasteiger partial charge in [-0.2, -0.15) is 5.10 Å². The van der Waals surface area contributed by atoms with Crippen LogP contribution in [0.3, 0.4) is 0 Å². The number of carbonyl (C=O) groups excluding carboxylic acids is 2. The first-order valence-corrected chi connectivity index (χ1v) is 11.2. The molecule has 0 N–H and O–H groups in total. The molecule has 0 saturated heterocycles. The van der Waals surface area contributed by atoms with Crippen molar-refractivity contribution in [2.45, 2.75) is 26.2 Å². The van der Waals surface area contributed by atoms with Gasteiger partial charge in [-0.25, -0.2) is 4.68 Å². The van der Waals surface area contributed by atoms with Crippen molar-refractivity contribution in [1.82, 2.24) is 9.78 Å². The summed E-state index contributed by atoms with van der Waals surface area (Å²) in [6.07, 6.45) is 5.26. The van der Waals surface area contributed by atoms with Crippen molar-refractivity contribution in [3.63, 3.8) is 0 Å². The van der Waals surface area contributed by atoms with E-state index < -0.39 is 0 Å². The van der Waals surface area contributed by atoms with Crippen molar-refractivity contribution < 1.29 is 9.59 Å². The summed E-state index contributed by atoms with van der Waals surface area (Å²) in [6.45, 7) is 2.64. The zero-order valence-electron chi connectivity index (χ0n) is 18.6. The van der Waals surface area contributed by atoms with Crippen LogP contribution in [0, 0.1) is 6.92 Å². The quantitative estimate of drug-likeness (QED) is 0.440. The molecule has 5 heteroatoms. The van der Waals surface area contributed by atoms with Crippen LogP contribution in [0.2, 0.25) is 0 Å². The lowest BCUT2D eigenvalue weighted by Gasteiger charge is -2.18. The van der Waals surface area contributed by atoms with Gasteiger partial charge in [0.1, 0.15) is 5.78 Å². The molecule has 2 heterocycles. The highest BCUT2D eigenvalue weighted by Gasteiger charge is 2.26. The summed E-state index contributed by atoms with van der Waals surface area (Å²) in [5.41, 5.74) is 6.67. The summed E-state index contributed by atoms with van der Waals surface area (Å²) < 4.78 is 1.80. The van der Waals surface area contributed by atoms with Crippen molar-refractivity contribution in [3.8, 4) is 5.69 Å². The number of ketones is 1. The fourth-order valence-electron chi connectivity index (χ4n) is 4.41. The summed E-state index contributed by atoms with van der Waals surface area (Å²) in [5.74, 6) is 0.206. The van der Waals surface area contributed by atoms with Crippen molar-refractivity contribution >= 4 is 17.4 Å². The van der Waals surface area contributed by atoms with Crippen LogP contribution >= 0.6 is 0 Å². The highest BCUT2D eigenvalue weighted by atomic mass is 16.2. The number of anilines is 1. The van der Waals surface area contributed by atoms with E-state index in [1.54, 1.807) is 10.9 Å². The Morgan fingerprint density at radius 3 is 2.48 bits per heavy atom. The van der Waals surface area contributed by atoms with E-state index in [1.165, 1.54) is 0 Å². The zero-order valence-corrected chi connectivity index (χ0v) is 18.6. The third-order valence-electron chi connectivity index (χ3n) is 6.13. The van der Waals surface area contributed by atoms with E-state index >= 15 is 0 Å². The maximum Gasteiger partial charge on any atom is 0.258 e. The van der Waals surface area contributed by atoms with Gasteiger partial charge in [-0.15, -0.1) is 0 Å². The molecule has 0 radical (unpaired) electrons. The number of amides is 1. The third kappa shape index (κ3) is 4.35. The average molecular weight is 436 g/mol. The summed E-state index contributed by atoms with van der Waals surface area (Å²) in [6, 6.07) is 23.5. The lowest BCUT2D eigenvalue weighted by atomic mass is 10.1. The second kappa shape index (κ2) is 8.87. The number of hydrogen-bond donors (Lipinski definition) is 0. The SMILES string of the molecule is Cc1ccccc1C(=O)N1CCc2cc(-n3cc(CC(=O)Cc4ccccc4)cn3)ccc21. The fraction of sp³-hybridized carbons (Fsp3) is 0.179. The fourth-order valence-corrected chi connectivity index (χ4v) is 4.41. The van der Waals surface area contributed by atoms with Crippen molar-refractivity contribution in [2.24, 2.45) is 0 Å². The zero-order chi connectivity index (χ0) is 22.8. The maximum absolute atomic E-state index is 13.1. The molecule has 4 aromatic rings. The number of benzene rings is 3. The Balaban J connectivity index is 1.30. The van der Waals surface area contributed by atoms with Crippen LogP contribution in [0.25, 0.3) is 5.69 Å². The number of aromatic nitrogens is 2. The Bertz CT molecular complexity index is 1320. The molecule has 1 aliphatic rings. The summed E-state index contributed by atoms with van der Waals surface area (Å²) in [7, 11) is 0. The second-order valence-corrected chi connectivity index (χ2v) is 8.51. The lowest BCUT2D eigenvalue weighted by molar-refractivity contribution is -0.117. The van der Waals surface area contributed by atoms with Gasteiger partial charge in [0.25, 0.3) is 5.91 Å². The van der Waals surface area contributed by atoms with Crippen LogP contribution in [-0.4, -0.2) is 28.0 Å². The van der Waals surface area contributed by atoms with Gasteiger partial charge in [-0.05, 0) is 59.9 Å². The molecule has 0 unspecified atom stereocenters. The monoisotopic (exact) mass is 435 g/mol. The molecule has 1 aliphatic heterocycles. The van der Waals surface area contributed by atoms with E-state index in [1.807, 2.05) is 84.8 Å². The molecule has 0 atom stereocenters. The summed E-state index contributed by atoms with van der Waals surface area (Å²) in [4.78, 5) is 27.4. The van der Waals surface area contributed by atoms with Crippen LogP contribution < -0.4 is 4.90 Å². The van der Waals surface area contributed by atoms with Crippen LogP contribution in [-0.2, 0) is 24.1 Å². The first kappa shape index (κ1) is 20.9. The van der Waals surface area contributed by atoms with Crippen molar-refractivity contribution in [3.05, 3.63) is 113 Å². The van der Waals surface area contributed by atoms with Gasteiger partial charge in [0.2, 0.25) is 0 Å².